The molecule has 0 amide bonds. The highest BCUT2D eigenvalue weighted by molar-refractivity contribution is 7.99. The van der Waals surface area contributed by atoms with Crippen LogP contribution in [0.1, 0.15) is 42.8 Å². The Morgan fingerprint density at radius 3 is 2.86 bits per heavy atom. The molecule has 4 nitrogen and oxygen atoms in total. The van der Waals surface area contributed by atoms with Crippen molar-refractivity contribution in [1.29, 1.82) is 0 Å². The summed E-state index contributed by atoms with van der Waals surface area (Å²) in [6, 6.07) is 2.62. The molecule has 0 aromatic carbocycles. The Morgan fingerprint density at radius 1 is 1.43 bits per heavy atom. The van der Waals surface area contributed by atoms with Gasteiger partial charge in [0.1, 0.15) is 11.5 Å². The molecule has 1 aromatic heterocycles. The summed E-state index contributed by atoms with van der Waals surface area (Å²) in [4.78, 5) is 4.34. The zero-order valence-corrected chi connectivity index (χ0v) is 14.3. The number of furan rings is 1. The third kappa shape index (κ3) is 4.70. The minimum absolute atomic E-state index is 0.537. The van der Waals surface area contributed by atoms with Crippen molar-refractivity contribution in [2.75, 3.05) is 13.3 Å². The minimum atomic E-state index is 0.537. The minimum Gasteiger partial charge on any atom is -0.466 e. The van der Waals surface area contributed by atoms with E-state index in [0.29, 0.717) is 6.04 Å². The molecule has 2 rings (SSSR count). The Morgan fingerprint density at radius 2 is 2.24 bits per heavy atom. The smallest absolute Gasteiger partial charge is 0.191 e. The topological polar surface area (TPSA) is 49.6 Å². The SMILES string of the molecule is CN=C(NCc1cc(C)oc1C)NC1CCCC(SC)C1. The van der Waals surface area contributed by atoms with Gasteiger partial charge in [0.05, 0.1) is 0 Å². The molecular weight excluding hydrogens is 282 g/mol. The molecule has 1 aliphatic carbocycles. The summed E-state index contributed by atoms with van der Waals surface area (Å²) in [5, 5.41) is 7.74. The van der Waals surface area contributed by atoms with E-state index in [1.165, 1.54) is 31.2 Å². The zero-order chi connectivity index (χ0) is 15.2. The van der Waals surface area contributed by atoms with Crippen LogP contribution >= 0.6 is 11.8 Å². The van der Waals surface area contributed by atoms with E-state index in [1.54, 1.807) is 0 Å². The van der Waals surface area contributed by atoms with Gasteiger partial charge in [0.15, 0.2) is 5.96 Å². The van der Waals surface area contributed by atoms with Crippen LogP contribution in [0.4, 0.5) is 0 Å². The molecule has 0 bridgehead atoms. The first kappa shape index (κ1) is 16.3. The average molecular weight is 309 g/mol. The van der Waals surface area contributed by atoms with Crippen LogP contribution in [0, 0.1) is 13.8 Å². The van der Waals surface area contributed by atoms with E-state index in [1.807, 2.05) is 32.7 Å². The number of nitrogens with one attached hydrogen (secondary N) is 2. The van der Waals surface area contributed by atoms with Crippen LogP contribution < -0.4 is 10.6 Å². The molecule has 1 aromatic rings. The largest absolute Gasteiger partial charge is 0.466 e. The van der Waals surface area contributed by atoms with Crippen LogP contribution in [0.2, 0.25) is 0 Å². The molecule has 5 heteroatoms. The highest BCUT2D eigenvalue weighted by Gasteiger charge is 2.21. The van der Waals surface area contributed by atoms with Gasteiger partial charge < -0.3 is 15.1 Å². The normalized spacial score (nSPS) is 23.1. The number of hydrogen-bond acceptors (Lipinski definition) is 3. The average Bonchev–Trinajstić information content (AvgIpc) is 2.81. The van der Waals surface area contributed by atoms with E-state index in [4.69, 9.17) is 4.42 Å². The van der Waals surface area contributed by atoms with Crippen LogP contribution in [-0.4, -0.2) is 30.6 Å². The third-order valence-electron chi connectivity index (χ3n) is 4.11. The number of guanidine groups is 1. The van der Waals surface area contributed by atoms with Gasteiger partial charge in [-0.3, -0.25) is 4.99 Å². The Labute approximate surface area is 132 Å². The molecule has 1 aliphatic rings. The van der Waals surface area contributed by atoms with Gasteiger partial charge in [0.25, 0.3) is 0 Å². The summed E-state index contributed by atoms with van der Waals surface area (Å²) < 4.78 is 5.56. The van der Waals surface area contributed by atoms with E-state index < -0.39 is 0 Å². The second kappa shape index (κ2) is 7.78. The van der Waals surface area contributed by atoms with E-state index >= 15 is 0 Å². The molecule has 2 N–H and O–H groups in total. The van der Waals surface area contributed by atoms with Crippen molar-refractivity contribution in [3.8, 4) is 0 Å². The Bertz CT molecular complexity index is 484. The molecule has 1 fully saturated rings. The lowest BCUT2D eigenvalue weighted by atomic mass is 9.95. The standard InChI is InChI=1S/C16H27N3OS/c1-11-8-13(12(2)20-11)10-18-16(17-3)19-14-6-5-7-15(9-14)21-4/h8,14-15H,5-7,9-10H2,1-4H3,(H2,17,18,19). The van der Waals surface area contributed by atoms with Crippen molar-refractivity contribution >= 4 is 17.7 Å². The lowest BCUT2D eigenvalue weighted by Crippen LogP contribution is -2.45. The third-order valence-corrected chi connectivity index (χ3v) is 5.21. The summed E-state index contributed by atoms with van der Waals surface area (Å²) >= 11 is 1.99. The van der Waals surface area contributed by atoms with Gasteiger partial charge in [-0.2, -0.15) is 11.8 Å². The number of hydrogen-bond donors (Lipinski definition) is 2. The van der Waals surface area contributed by atoms with E-state index in [9.17, 15) is 0 Å². The summed E-state index contributed by atoms with van der Waals surface area (Å²) in [5.74, 6) is 2.83. The van der Waals surface area contributed by atoms with Crippen LogP contribution in [0.3, 0.4) is 0 Å². The van der Waals surface area contributed by atoms with Crippen molar-refractivity contribution in [3.63, 3.8) is 0 Å². The van der Waals surface area contributed by atoms with Crippen molar-refractivity contribution in [2.45, 2.75) is 57.4 Å². The molecule has 1 heterocycles. The molecule has 21 heavy (non-hydrogen) atoms. The number of nitrogens with zero attached hydrogens (tertiary/aromatic N) is 1. The predicted octanol–water partition coefficient (Wildman–Crippen LogP) is 3.24. The van der Waals surface area contributed by atoms with Crippen molar-refractivity contribution < 1.29 is 4.42 Å². The van der Waals surface area contributed by atoms with Crippen molar-refractivity contribution in [1.82, 2.24) is 10.6 Å². The monoisotopic (exact) mass is 309 g/mol. The second-order valence-corrected chi connectivity index (χ2v) is 6.87. The van der Waals surface area contributed by atoms with E-state index in [-0.39, 0.29) is 0 Å². The first-order valence-corrected chi connectivity index (χ1v) is 8.97. The van der Waals surface area contributed by atoms with Crippen LogP contribution in [0.25, 0.3) is 0 Å². The fraction of sp³-hybridized carbons (Fsp3) is 0.688. The lowest BCUT2D eigenvalue weighted by Gasteiger charge is -2.29. The van der Waals surface area contributed by atoms with Crippen LogP contribution in [0.5, 0.6) is 0 Å². The summed E-state index contributed by atoms with van der Waals surface area (Å²) in [6.07, 6.45) is 7.33. The molecule has 1 saturated carbocycles. The summed E-state index contributed by atoms with van der Waals surface area (Å²) in [5.41, 5.74) is 1.20. The molecule has 2 atom stereocenters. The molecule has 2 unspecified atom stereocenters. The molecular formula is C16H27N3OS. The number of aryl methyl sites for hydroxylation is 2. The Hall–Kier alpha value is -1.10. The first-order valence-electron chi connectivity index (χ1n) is 7.68. The molecule has 0 spiro atoms. The zero-order valence-electron chi connectivity index (χ0n) is 13.5. The maximum Gasteiger partial charge on any atom is 0.191 e. The Kier molecular flexibility index (Phi) is 6.03. The van der Waals surface area contributed by atoms with Gasteiger partial charge >= 0.3 is 0 Å². The summed E-state index contributed by atoms with van der Waals surface area (Å²) in [6.45, 7) is 4.74. The van der Waals surface area contributed by atoms with Crippen LogP contribution in [0.15, 0.2) is 15.5 Å². The summed E-state index contributed by atoms with van der Waals surface area (Å²) in [7, 11) is 1.83. The van der Waals surface area contributed by atoms with E-state index in [0.717, 1.165) is 29.3 Å². The number of rotatable bonds is 4. The van der Waals surface area contributed by atoms with Gasteiger partial charge in [-0.1, -0.05) is 6.42 Å². The van der Waals surface area contributed by atoms with Gasteiger partial charge in [-0.25, -0.2) is 0 Å². The fourth-order valence-electron chi connectivity index (χ4n) is 2.92. The van der Waals surface area contributed by atoms with E-state index in [2.05, 4.69) is 27.9 Å². The quantitative estimate of drug-likeness (QED) is 0.662. The van der Waals surface area contributed by atoms with Gasteiger partial charge in [-0.15, -0.1) is 0 Å². The first-order chi connectivity index (χ1) is 10.1. The molecule has 0 aliphatic heterocycles. The van der Waals surface area contributed by atoms with Crippen molar-refractivity contribution in [3.05, 3.63) is 23.2 Å². The lowest BCUT2D eigenvalue weighted by molar-refractivity contribution is 0.419. The Balaban J connectivity index is 1.84. The fourth-order valence-corrected chi connectivity index (χ4v) is 3.74. The molecule has 0 radical (unpaired) electrons. The van der Waals surface area contributed by atoms with Gasteiger partial charge in [-0.05, 0) is 45.4 Å². The highest BCUT2D eigenvalue weighted by Crippen LogP contribution is 2.26. The van der Waals surface area contributed by atoms with Crippen LogP contribution in [-0.2, 0) is 6.54 Å². The van der Waals surface area contributed by atoms with Gasteiger partial charge in [0.2, 0.25) is 0 Å². The molecule has 0 saturated heterocycles. The maximum absolute atomic E-state index is 5.56. The number of aliphatic imine (C=N–C) groups is 1. The predicted molar refractivity (Wildman–Crippen MR) is 91.1 cm³/mol. The second-order valence-electron chi connectivity index (χ2n) is 5.73. The van der Waals surface area contributed by atoms with Crippen molar-refractivity contribution in [2.24, 2.45) is 4.99 Å². The maximum atomic E-state index is 5.56. The highest BCUT2D eigenvalue weighted by atomic mass is 32.2. The number of thioether (sulfide) groups is 1. The van der Waals surface area contributed by atoms with Gasteiger partial charge in [0, 0.05) is 30.4 Å². The molecule has 118 valence electrons.